The molecule has 0 aromatic rings. The van der Waals surface area contributed by atoms with Crippen molar-refractivity contribution in [1.29, 1.82) is 0 Å². The first-order chi connectivity index (χ1) is 7.75. The van der Waals surface area contributed by atoms with E-state index in [9.17, 15) is 0 Å². The van der Waals surface area contributed by atoms with Gasteiger partial charge in [0, 0.05) is 19.7 Å². The van der Waals surface area contributed by atoms with E-state index < -0.39 is 0 Å². The molecule has 16 heavy (non-hydrogen) atoms. The molecule has 0 saturated carbocycles. The first kappa shape index (κ1) is 12.3. The average Bonchev–Trinajstić information content (AvgIpc) is 2.71. The highest BCUT2D eigenvalue weighted by atomic mass is 16.5. The maximum Gasteiger partial charge on any atom is 0.0593 e. The molecular weight excluding hydrogens is 200 g/mol. The Morgan fingerprint density at radius 1 is 1.31 bits per heavy atom. The molecule has 0 radical (unpaired) electrons. The van der Waals surface area contributed by atoms with Gasteiger partial charge in [0.2, 0.25) is 0 Å². The number of ether oxygens (including phenoxy) is 1. The van der Waals surface area contributed by atoms with Crippen LogP contribution in [0.25, 0.3) is 0 Å². The van der Waals surface area contributed by atoms with Crippen molar-refractivity contribution < 1.29 is 4.74 Å². The lowest BCUT2D eigenvalue weighted by atomic mass is 9.89. The molecule has 2 unspecified atom stereocenters. The molecule has 2 rings (SSSR count). The molecule has 2 fully saturated rings. The zero-order valence-electron chi connectivity index (χ0n) is 10.7. The Morgan fingerprint density at radius 2 is 2.12 bits per heavy atom. The van der Waals surface area contributed by atoms with Crippen LogP contribution in [0.15, 0.2) is 0 Å². The fraction of sp³-hybridized carbons (Fsp3) is 1.00. The van der Waals surface area contributed by atoms with Crippen molar-refractivity contribution in [2.75, 3.05) is 45.9 Å². The Balaban J connectivity index is 1.60. The van der Waals surface area contributed by atoms with Gasteiger partial charge < -0.3 is 15.0 Å². The zero-order valence-corrected chi connectivity index (χ0v) is 10.7. The third-order valence-electron chi connectivity index (χ3n) is 3.79. The van der Waals surface area contributed by atoms with Crippen LogP contribution in [0, 0.1) is 17.8 Å². The van der Waals surface area contributed by atoms with Crippen molar-refractivity contribution >= 4 is 0 Å². The molecule has 0 aromatic carbocycles. The number of nitrogens with one attached hydrogen (secondary N) is 1. The SMILES string of the molecule is CC(C)COCCN1CCC2CNCC2C1. The van der Waals surface area contributed by atoms with Gasteiger partial charge in [-0.05, 0) is 43.8 Å². The standard InChI is InChI=1S/C13H26N2O/c1-11(2)10-16-6-5-15-4-3-12-7-14-8-13(12)9-15/h11-14H,3-10H2,1-2H3. The van der Waals surface area contributed by atoms with E-state index in [1.54, 1.807) is 0 Å². The molecule has 0 bridgehead atoms. The van der Waals surface area contributed by atoms with Crippen LogP contribution >= 0.6 is 0 Å². The quantitative estimate of drug-likeness (QED) is 0.713. The molecule has 2 aliphatic heterocycles. The summed E-state index contributed by atoms with van der Waals surface area (Å²) in [6, 6.07) is 0. The van der Waals surface area contributed by atoms with Crippen molar-refractivity contribution in [3.63, 3.8) is 0 Å². The number of rotatable bonds is 5. The summed E-state index contributed by atoms with van der Waals surface area (Å²) >= 11 is 0. The highest BCUT2D eigenvalue weighted by Crippen LogP contribution is 2.26. The van der Waals surface area contributed by atoms with E-state index in [1.165, 1.54) is 32.6 Å². The largest absolute Gasteiger partial charge is 0.380 e. The highest BCUT2D eigenvalue weighted by Gasteiger charge is 2.32. The number of nitrogens with zero attached hydrogens (tertiary/aromatic N) is 1. The monoisotopic (exact) mass is 226 g/mol. The first-order valence-electron chi connectivity index (χ1n) is 6.76. The summed E-state index contributed by atoms with van der Waals surface area (Å²) in [4.78, 5) is 2.58. The van der Waals surface area contributed by atoms with Crippen molar-refractivity contribution in [3.8, 4) is 0 Å². The van der Waals surface area contributed by atoms with Crippen LogP contribution in [0.4, 0.5) is 0 Å². The molecule has 0 aromatic heterocycles. The molecule has 2 heterocycles. The van der Waals surface area contributed by atoms with Gasteiger partial charge in [-0.1, -0.05) is 13.8 Å². The highest BCUT2D eigenvalue weighted by molar-refractivity contribution is 4.87. The fourth-order valence-corrected chi connectivity index (χ4v) is 2.83. The Kier molecular flexibility index (Phi) is 4.62. The minimum absolute atomic E-state index is 0.657. The van der Waals surface area contributed by atoms with E-state index >= 15 is 0 Å². The molecule has 0 spiro atoms. The van der Waals surface area contributed by atoms with Gasteiger partial charge in [0.15, 0.2) is 0 Å². The Bertz CT molecular complexity index is 208. The van der Waals surface area contributed by atoms with Gasteiger partial charge in [-0.3, -0.25) is 0 Å². The Hall–Kier alpha value is -0.120. The van der Waals surface area contributed by atoms with E-state index in [2.05, 4.69) is 24.1 Å². The van der Waals surface area contributed by atoms with Crippen molar-refractivity contribution in [2.45, 2.75) is 20.3 Å². The summed E-state index contributed by atoms with van der Waals surface area (Å²) in [5.74, 6) is 2.51. The van der Waals surface area contributed by atoms with Crippen LogP contribution in [0.2, 0.25) is 0 Å². The lowest BCUT2D eigenvalue weighted by Gasteiger charge is -2.34. The van der Waals surface area contributed by atoms with E-state index in [1.807, 2.05) is 0 Å². The zero-order chi connectivity index (χ0) is 11.4. The maximum atomic E-state index is 5.65. The molecule has 2 aliphatic rings. The summed E-state index contributed by atoms with van der Waals surface area (Å²) in [7, 11) is 0. The molecule has 94 valence electrons. The van der Waals surface area contributed by atoms with Gasteiger partial charge in [0.1, 0.15) is 0 Å². The third kappa shape index (κ3) is 3.44. The maximum absolute atomic E-state index is 5.65. The molecule has 2 saturated heterocycles. The third-order valence-corrected chi connectivity index (χ3v) is 3.79. The van der Waals surface area contributed by atoms with Crippen LogP contribution in [0.1, 0.15) is 20.3 Å². The molecule has 1 N–H and O–H groups in total. The lowest BCUT2D eigenvalue weighted by Crippen LogP contribution is -2.41. The van der Waals surface area contributed by atoms with Crippen LogP contribution in [-0.2, 0) is 4.74 Å². The molecule has 2 atom stereocenters. The topological polar surface area (TPSA) is 24.5 Å². The number of piperidine rings is 1. The van der Waals surface area contributed by atoms with E-state index in [-0.39, 0.29) is 0 Å². The molecule has 0 aliphatic carbocycles. The number of hydrogen-bond acceptors (Lipinski definition) is 3. The second-order valence-corrected chi connectivity index (χ2v) is 5.74. The van der Waals surface area contributed by atoms with Gasteiger partial charge in [0.25, 0.3) is 0 Å². The molecule has 0 amide bonds. The lowest BCUT2D eigenvalue weighted by molar-refractivity contribution is 0.0655. The minimum Gasteiger partial charge on any atom is -0.380 e. The van der Waals surface area contributed by atoms with Crippen molar-refractivity contribution in [1.82, 2.24) is 10.2 Å². The Morgan fingerprint density at radius 3 is 2.94 bits per heavy atom. The fourth-order valence-electron chi connectivity index (χ4n) is 2.83. The van der Waals surface area contributed by atoms with Gasteiger partial charge >= 0.3 is 0 Å². The molecule has 3 heteroatoms. The van der Waals surface area contributed by atoms with Crippen LogP contribution in [-0.4, -0.2) is 50.8 Å². The van der Waals surface area contributed by atoms with Crippen LogP contribution in [0.3, 0.4) is 0 Å². The number of likely N-dealkylation sites (tertiary alicyclic amines) is 1. The number of fused-ring (bicyclic) bond motifs is 1. The molecular formula is C13H26N2O. The number of hydrogen-bond donors (Lipinski definition) is 1. The summed E-state index contributed by atoms with van der Waals surface area (Å²) in [5.41, 5.74) is 0. The summed E-state index contributed by atoms with van der Waals surface area (Å²) in [6.07, 6.45) is 1.38. The normalized spacial score (nSPS) is 30.9. The average molecular weight is 226 g/mol. The summed E-state index contributed by atoms with van der Waals surface area (Å²) < 4.78 is 5.65. The second kappa shape index (κ2) is 5.99. The van der Waals surface area contributed by atoms with E-state index in [0.717, 1.165) is 31.6 Å². The summed E-state index contributed by atoms with van der Waals surface area (Å²) in [5, 5.41) is 3.51. The van der Waals surface area contributed by atoms with Gasteiger partial charge in [-0.15, -0.1) is 0 Å². The van der Waals surface area contributed by atoms with Crippen molar-refractivity contribution in [3.05, 3.63) is 0 Å². The van der Waals surface area contributed by atoms with Crippen molar-refractivity contribution in [2.24, 2.45) is 17.8 Å². The van der Waals surface area contributed by atoms with Gasteiger partial charge in [-0.2, -0.15) is 0 Å². The smallest absolute Gasteiger partial charge is 0.0593 e. The van der Waals surface area contributed by atoms with E-state index in [0.29, 0.717) is 5.92 Å². The minimum atomic E-state index is 0.657. The first-order valence-corrected chi connectivity index (χ1v) is 6.76. The predicted molar refractivity (Wildman–Crippen MR) is 66.6 cm³/mol. The van der Waals surface area contributed by atoms with E-state index in [4.69, 9.17) is 4.74 Å². The van der Waals surface area contributed by atoms with Crippen LogP contribution in [0.5, 0.6) is 0 Å². The Labute approximate surface area is 99.5 Å². The van der Waals surface area contributed by atoms with Gasteiger partial charge in [0.05, 0.1) is 6.61 Å². The van der Waals surface area contributed by atoms with Crippen LogP contribution < -0.4 is 5.32 Å². The summed E-state index contributed by atoms with van der Waals surface area (Å²) in [6.45, 7) is 12.4. The van der Waals surface area contributed by atoms with Gasteiger partial charge in [-0.25, -0.2) is 0 Å². The second-order valence-electron chi connectivity index (χ2n) is 5.74. The predicted octanol–water partition coefficient (Wildman–Crippen LogP) is 1.20. The molecule has 3 nitrogen and oxygen atoms in total.